The van der Waals surface area contributed by atoms with Gasteiger partial charge >= 0.3 is 0 Å². The number of carbonyl (C=O) groups is 2. The van der Waals surface area contributed by atoms with Crippen LogP contribution in [0.25, 0.3) is 0 Å². The Kier molecular flexibility index (Phi) is 3.83. The molecule has 0 radical (unpaired) electrons. The van der Waals surface area contributed by atoms with Crippen LogP contribution in [0.15, 0.2) is 24.3 Å². The molecule has 0 spiro atoms. The first kappa shape index (κ1) is 13.5. The van der Waals surface area contributed by atoms with Crippen molar-refractivity contribution in [2.45, 2.75) is 26.4 Å². The number of nitrogens with zero attached hydrogens (tertiary/aromatic N) is 2. The van der Waals surface area contributed by atoms with Crippen molar-refractivity contribution in [1.82, 2.24) is 9.80 Å². The molecule has 0 saturated carbocycles. The van der Waals surface area contributed by atoms with Crippen LogP contribution in [0, 0.1) is 5.82 Å². The average molecular weight is 264 g/mol. The minimum Gasteiger partial charge on any atom is -0.332 e. The van der Waals surface area contributed by atoms with Gasteiger partial charge in [0, 0.05) is 26.1 Å². The summed E-state index contributed by atoms with van der Waals surface area (Å²) in [6.07, 6.45) is 0. The van der Waals surface area contributed by atoms with Gasteiger partial charge in [-0.25, -0.2) is 4.39 Å². The Balaban J connectivity index is 2.06. The third kappa shape index (κ3) is 3.10. The first-order valence-corrected chi connectivity index (χ1v) is 6.27. The second-order valence-electron chi connectivity index (χ2n) is 4.90. The maximum absolute atomic E-state index is 12.8. The summed E-state index contributed by atoms with van der Waals surface area (Å²) in [6, 6.07) is 6.08. The van der Waals surface area contributed by atoms with E-state index in [1.165, 1.54) is 19.1 Å². The fourth-order valence-corrected chi connectivity index (χ4v) is 2.25. The lowest BCUT2D eigenvalue weighted by atomic mass is 10.1. The molecule has 1 aromatic carbocycles. The predicted octanol–water partition coefficient (Wildman–Crippen LogP) is 1.40. The summed E-state index contributed by atoms with van der Waals surface area (Å²) in [6.45, 7) is 4.50. The third-order valence-corrected chi connectivity index (χ3v) is 3.37. The standard InChI is InChI=1S/C14H17FN2O2/c1-10-7-16(11(2)18)9-14(19)17(10)8-12-3-5-13(15)6-4-12/h3-6,10H,7-9H2,1-2H3. The third-order valence-electron chi connectivity index (χ3n) is 3.37. The molecule has 102 valence electrons. The van der Waals surface area contributed by atoms with Gasteiger partial charge in [-0.2, -0.15) is 0 Å². The summed E-state index contributed by atoms with van der Waals surface area (Å²) in [5.74, 6) is -0.440. The zero-order valence-corrected chi connectivity index (χ0v) is 11.1. The Morgan fingerprint density at radius 1 is 1.37 bits per heavy atom. The summed E-state index contributed by atoms with van der Waals surface area (Å²) in [4.78, 5) is 26.6. The number of hydrogen-bond acceptors (Lipinski definition) is 2. The highest BCUT2D eigenvalue weighted by Crippen LogP contribution is 2.15. The number of benzene rings is 1. The molecule has 5 heteroatoms. The maximum atomic E-state index is 12.8. The number of carbonyl (C=O) groups excluding carboxylic acids is 2. The first-order chi connectivity index (χ1) is 8.97. The van der Waals surface area contributed by atoms with Crippen LogP contribution in [-0.2, 0) is 16.1 Å². The van der Waals surface area contributed by atoms with Gasteiger partial charge in [0.05, 0.1) is 6.54 Å². The van der Waals surface area contributed by atoms with E-state index in [2.05, 4.69) is 0 Å². The van der Waals surface area contributed by atoms with Crippen molar-refractivity contribution in [3.05, 3.63) is 35.6 Å². The van der Waals surface area contributed by atoms with Crippen LogP contribution in [0.1, 0.15) is 19.4 Å². The molecule has 0 bridgehead atoms. The van der Waals surface area contributed by atoms with E-state index in [0.29, 0.717) is 13.1 Å². The largest absolute Gasteiger partial charge is 0.332 e. The van der Waals surface area contributed by atoms with Gasteiger partial charge in [-0.3, -0.25) is 9.59 Å². The molecule has 1 unspecified atom stereocenters. The molecule has 1 aliphatic rings. The molecule has 1 aliphatic heterocycles. The molecule has 2 amide bonds. The Hall–Kier alpha value is -1.91. The number of halogens is 1. The highest BCUT2D eigenvalue weighted by Gasteiger charge is 2.30. The zero-order valence-electron chi connectivity index (χ0n) is 11.1. The van der Waals surface area contributed by atoms with Crippen LogP contribution in [-0.4, -0.2) is 40.7 Å². The van der Waals surface area contributed by atoms with Crippen LogP contribution in [0.2, 0.25) is 0 Å². The summed E-state index contributed by atoms with van der Waals surface area (Å²) >= 11 is 0. The second-order valence-corrected chi connectivity index (χ2v) is 4.90. The number of rotatable bonds is 2. The van der Waals surface area contributed by atoms with E-state index in [1.807, 2.05) is 6.92 Å². The second kappa shape index (κ2) is 5.38. The Morgan fingerprint density at radius 2 is 2.00 bits per heavy atom. The minimum atomic E-state index is -0.287. The normalized spacial score (nSPS) is 19.7. The van der Waals surface area contributed by atoms with Crippen molar-refractivity contribution in [2.75, 3.05) is 13.1 Å². The van der Waals surface area contributed by atoms with Crippen molar-refractivity contribution in [3.63, 3.8) is 0 Å². The topological polar surface area (TPSA) is 40.6 Å². The summed E-state index contributed by atoms with van der Waals surface area (Å²) < 4.78 is 12.8. The smallest absolute Gasteiger partial charge is 0.242 e. The number of hydrogen-bond donors (Lipinski definition) is 0. The van der Waals surface area contributed by atoms with Gasteiger partial charge < -0.3 is 9.80 Å². The van der Waals surface area contributed by atoms with E-state index >= 15 is 0 Å². The van der Waals surface area contributed by atoms with Gasteiger partial charge in [-0.1, -0.05) is 12.1 Å². The van der Waals surface area contributed by atoms with E-state index in [4.69, 9.17) is 0 Å². The highest BCUT2D eigenvalue weighted by molar-refractivity contribution is 5.85. The van der Waals surface area contributed by atoms with Crippen LogP contribution < -0.4 is 0 Å². The molecule has 1 heterocycles. The molecule has 2 rings (SSSR count). The molecular formula is C14H17FN2O2. The lowest BCUT2D eigenvalue weighted by Gasteiger charge is -2.39. The van der Waals surface area contributed by atoms with E-state index in [0.717, 1.165) is 5.56 Å². The molecular weight excluding hydrogens is 247 g/mol. The minimum absolute atomic E-state index is 0.0322. The van der Waals surface area contributed by atoms with Crippen molar-refractivity contribution in [2.24, 2.45) is 0 Å². The fourth-order valence-electron chi connectivity index (χ4n) is 2.25. The van der Waals surface area contributed by atoms with Gasteiger partial charge in [0.1, 0.15) is 5.82 Å². The van der Waals surface area contributed by atoms with Gasteiger partial charge in [0.2, 0.25) is 11.8 Å². The van der Waals surface area contributed by atoms with Crippen molar-refractivity contribution < 1.29 is 14.0 Å². The summed E-state index contributed by atoms with van der Waals surface area (Å²) in [5, 5.41) is 0. The van der Waals surface area contributed by atoms with Crippen molar-refractivity contribution in [3.8, 4) is 0 Å². The summed E-state index contributed by atoms with van der Waals surface area (Å²) in [5.41, 5.74) is 0.887. The van der Waals surface area contributed by atoms with Crippen molar-refractivity contribution >= 4 is 11.8 Å². The molecule has 1 saturated heterocycles. The van der Waals surface area contributed by atoms with Crippen LogP contribution in [0.3, 0.4) is 0 Å². The fraction of sp³-hybridized carbons (Fsp3) is 0.429. The maximum Gasteiger partial charge on any atom is 0.242 e. The van der Waals surface area contributed by atoms with Gasteiger partial charge in [0.15, 0.2) is 0 Å². The molecule has 19 heavy (non-hydrogen) atoms. The SMILES string of the molecule is CC(=O)N1CC(=O)N(Cc2ccc(F)cc2)C(C)C1. The van der Waals surface area contributed by atoms with E-state index in [-0.39, 0.29) is 30.2 Å². The van der Waals surface area contributed by atoms with Crippen LogP contribution >= 0.6 is 0 Å². The van der Waals surface area contributed by atoms with E-state index in [9.17, 15) is 14.0 Å². The quantitative estimate of drug-likeness (QED) is 0.810. The molecule has 0 N–H and O–H groups in total. The molecule has 4 nitrogen and oxygen atoms in total. The van der Waals surface area contributed by atoms with Crippen molar-refractivity contribution in [1.29, 1.82) is 0 Å². The predicted molar refractivity (Wildman–Crippen MR) is 68.7 cm³/mol. The Morgan fingerprint density at radius 3 is 2.53 bits per heavy atom. The molecule has 0 aliphatic carbocycles. The van der Waals surface area contributed by atoms with Gasteiger partial charge in [-0.05, 0) is 24.6 Å². The molecule has 1 atom stereocenters. The first-order valence-electron chi connectivity index (χ1n) is 6.27. The zero-order chi connectivity index (χ0) is 14.0. The van der Waals surface area contributed by atoms with Crippen LogP contribution in [0.5, 0.6) is 0 Å². The average Bonchev–Trinajstić information content (AvgIpc) is 2.35. The monoisotopic (exact) mass is 264 g/mol. The van der Waals surface area contributed by atoms with E-state index < -0.39 is 0 Å². The van der Waals surface area contributed by atoms with Crippen LogP contribution in [0.4, 0.5) is 4.39 Å². The highest BCUT2D eigenvalue weighted by atomic mass is 19.1. The molecule has 1 fully saturated rings. The Labute approximate surface area is 111 Å². The van der Waals surface area contributed by atoms with E-state index in [1.54, 1.807) is 21.9 Å². The van der Waals surface area contributed by atoms with Gasteiger partial charge in [-0.15, -0.1) is 0 Å². The lowest BCUT2D eigenvalue weighted by molar-refractivity contribution is -0.147. The lowest BCUT2D eigenvalue weighted by Crippen LogP contribution is -2.55. The Bertz CT molecular complexity index is 487. The van der Waals surface area contributed by atoms with Gasteiger partial charge in [0.25, 0.3) is 0 Å². The number of piperazine rings is 1. The molecule has 1 aromatic rings. The molecule has 0 aromatic heterocycles. The summed E-state index contributed by atoms with van der Waals surface area (Å²) in [7, 11) is 0. The number of amides is 2.